The molecule has 9 heteroatoms. The highest BCUT2D eigenvalue weighted by atomic mass is 16.2. The number of hydrogen-bond donors (Lipinski definition) is 1. The van der Waals surface area contributed by atoms with Gasteiger partial charge < -0.3 is 20.0 Å². The lowest BCUT2D eigenvalue weighted by atomic mass is 10.1. The molecule has 9 nitrogen and oxygen atoms in total. The lowest BCUT2D eigenvalue weighted by Gasteiger charge is -2.34. The molecule has 2 aliphatic heterocycles. The highest BCUT2D eigenvalue weighted by Gasteiger charge is 2.29. The zero-order valence-electron chi connectivity index (χ0n) is 19.6. The number of likely N-dealkylation sites (N-methyl/N-ethyl adjacent to an activating group) is 1. The Labute approximate surface area is 194 Å². The molecule has 1 atom stereocenters. The lowest BCUT2D eigenvalue weighted by molar-refractivity contribution is -0.134. The molecule has 1 saturated heterocycles. The van der Waals surface area contributed by atoms with E-state index in [0.29, 0.717) is 38.4 Å². The molecule has 0 spiro atoms. The summed E-state index contributed by atoms with van der Waals surface area (Å²) >= 11 is 0. The second-order valence-corrected chi connectivity index (χ2v) is 9.03. The first-order chi connectivity index (χ1) is 15.8. The van der Waals surface area contributed by atoms with E-state index in [1.807, 2.05) is 32.2 Å². The SMILES string of the molecule is Cc1cccc(CN2CCCn3nc(C(=O)N[C@@H](C)C(=O)N4CCN(C)CC4)cc3C2=O)c1. The van der Waals surface area contributed by atoms with Crippen LogP contribution in [0.25, 0.3) is 0 Å². The summed E-state index contributed by atoms with van der Waals surface area (Å²) < 4.78 is 1.61. The standard InChI is InChI=1S/C24H32N6O3/c1-17-6-4-7-19(14-17)16-29-8-5-9-30-21(24(29)33)15-20(26-30)22(31)25-18(2)23(32)28-12-10-27(3)11-13-28/h4,6-7,14-15,18H,5,8-13,16H2,1-3H3,(H,25,31)/t18-/m0/s1. The van der Waals surface area contributed by atoms with Crippen molar-refractivity contribution < 1.29 is 14.4 Å². The average Bonchev–Trinajstić information content (AvgIpc) is 3.16. The summed E-state index contributed by atoms with van der Waals surface area (Å²) in [5.41, 5.74) is 2.79. The van der Waals surface area contributed by atoms with Gasteiger partial charge in [0, 0.05) is 51.9 Å². The Morgan fingerprint density at radius 3 is 2.58 bits per heavy atom. The van der Waals surface area contributed by atoms with Crippen molar-refractivity contribution in [3.05, 3.63) is 52.8 Å². The number of nitrogens with zero attached hydrogens (tertiary/aromatic N) is 5. The number of rotatable bonds is 5. The molecule has 1 aromatic carbocycles. The Hall–Kier alpha value is -3.20. The minimum absolute atomic E-state index is 0.0994. The van der Waals surface area contributed by atoms with Crippen LogP contribution in [0.15, 0.2) is 30.3 Å². The number of amides is 3. The summed E-state index contributed by atoms with van der Waals surface area (Å²) in [4.78, 5) is 44.5. The first-order valence-electron chi connectivity index (χ1n) is 11.5. The number of nitrogens with one attached hydrogen (secondary N) is 1. The van der Waals surface area contributed by atoms with Gasteiger partial charge in [0.1, 0.15) is 11.7 Å². The first-order valence-corrected chi connectivity index (χ1v) is 11.5. The monoisotopic (exact) mass is 452 g/mol. The molecule has 176 valence electrons. The summed E-state index contributed by atoms with van der Waals surface area (Å²) in [6, 6.07) is 9.00. The number of carbonyl (C=O) groups excluding carboxylic acids is 3. The predicted octanol–water partition coefficient (Wildman–Crippen LogP) is 1.13. The van der Waals surface area contributed by atoms with E-state index in [0.717, 1.165) is 30.6 Å². The van der Waals surface area contributed by atoms with E-state index in [1.165, 1.54) is 0 Å². The fraction of sp³-hybridized carbons (Fsp3) is 0.500. The maximum atomic E-state index is 13.2. The molecule has 33 heavy (non-hydrogen) atoms. The molecule has 0 aliphatic carbocycles. The minimum atomic E-state index is -0.657. The van der Waals surface area contributed by atoms with Crippen LogP contribution in [-0.4, -0.2) is 88.0 Å². The normalized spacial score (nSPS) is 18.0. The second-order valence-electron chi connectivity index (χ2n) is 9.03. The molecular formula is C24H32N6O3. The van der Waals surface area contributed by atoms with Crippen molar-refractivity contribution in [1.82, 2.24) is 29.8 Å². The van der Waals surface area contributed by atoms with Crippen LogP contribution in [0.4, 0.5) is 0 Å². The van der Waals surface area contributed by atoms with Crippen molar-refractivity contribution >= 4 is 17.7 Å². The van der Waals surface area contributed by atoms with Gasteiger partial charge in [0.05, 0.1) is 0 Å². The van der Waals surface area contributed by atoms with Gasteiger partial charge in [-0.3, -0.25) is 19.1 Å². The molecule has 0 saturated carbocycles. The van der Waals surface area contributed by atoms with Crippen molar-refractivity contribution in [2.24, 2.45) is 0 Å². The van der Waals surface area contributed by atoms with Crippen LogP contribution in [0.2, 0.25) is 0 Å². The van der Waals surface area contributed by atoms with Gasteiger partial charge in [-0.2, -0.15) is 5.10 Å². The number of aryl methyl sites for hydroxylation is 2. The molecule has 1 N–H and O–H groups in total. The fourth-order valence-corrected chi connectivity index (χ4v) is 4.36. The summed E-state index contributed by atoms with van der Waals surface area (Å²) in [5.74, 6) is -0.677. The average molecular weight is 453 g/mol. The van der Waals surface area contributed by atoms with Crippen LogP contribution in [0.1, 0.15) is 45.4 Å². The number of aromatic nitrogens is 2. The maximum absolute atomic E-state index is 13.2. The molecular weight excluding hydrogens is 420 g/mol. The second kappa shape index (κ2) is 9.74. The van der Waals surface area contributed by atoms with Crippen LogP contribution in [-0.2, 0) is 17.9 Å². The maximum Gasteiger partial charge on any atom is 0.272 e. The number of carbonyl (C=O) groups is 3. The number of benzene rings is 1. The topological polar surface area (TPSA) is 90.8 Å². The lowest BCUT2D eigenvalue weighted by Crippen LogP contribution is -2.53. The third-order valence-electron chi connectivity index (χ3n) is 6.31. The van der Waals surface area contributed by atoms with E-state index in [4.69, 9.17) is 0 Å². The fourth-order valence-electron chi connectivity index (χ4n) is 4.36. The Kier molecular flexibility index (Phi) is 6.78. The van der Waals surface area contributed by atoms with Crippen molar-refractivity contribution in [2.75, 3.05) is 39.8 Å². The van der Waals surface area contributed by atoms with Crippen molar-refractivity contribution in [1.29, 1.82) is 0 Å². The highest BCUT2D eigenvalue weighted by molar-refractivity contribution is 5.99. The van der Waals surface area contributed by atoms with Crippen LogP contribution in [0.3, 0.4) is 0 Å². The van der Waals surface area contributed by atoms with Crippen LogP contribution >= 0.6 is 0 Å². The first kappa shape index (κ1) is 23.0. The van der Waals surface area contributed by atoms with Crippen molar-refractivity contribution in [3.8, 4) is 0 Å². The third kappa shape index (κ3) is 5.24. The molecule has 0 radical (unpaired) electrons. The Morgan fingerprint density at radius 1 is 1.09 bits per heavy atom. The van der Waals surface area contributed by atoms with Gasteiger partial charge in [0.25, 0.3) is 11.8 Å². The van der Waals surface area contributed by atoms with Crippen molar-refractivity contribution in [2.45, 2.75) is 39.4 Å². The van der Waals surface area contributed by atoms with Gasteiger partial charge in [-0.05, 0) is 32.9 Å². The largest absolute Gasteiger partial charge is 0.339 e. The van der Waals surface area contributed by atoms with Crippen LogP contribution < -0.4 is 5.32 Å². The zero-order valence-corrected chi connectivity index (χ0v) is 19.6. The quantitative estimate of drug-likeness (QED) is 0.735. The van der Waals surface area contributed by atoms with Crippen LogP contribution in [0, 0.1) is 6.92 Å². The summed E-state index contributed by atoms with van der Waals surface area (Å²) in [6.07, 6.45) is 0.756. The predicted molar refractivity (Wildman–Crippen MR) is 124 cm³/mol. The molecule has 0 unspecified atom stereocenters. The van der Waals surface area contributed by atoms with E-state index in [2.05, 4.69) is 21.4 Å². The molecule has 1 fully saturated rings. The molecule has 1 aromatic heterocycles. The van der Waals surface area contributed by atoms with E-state index in [9.17, 15) is 14.4 Å². The molecule has 3 heterocycles. The number of fused-ring (bicyclic) bond motifs is 1. The number of piperazine rings is 1. The van der Waals surface area contributed by atoms with Gasteiger partial charge in [-0.25, -0.2) is 0 Å². The molecule has 2 aromatic rings. The van der Waals surface area contributed by atoms with Gasteiger partial charge in [-0.1, -0.05) is 29.8 Å². The number of hydrogen-bond acceptors (Lipinski definition) is 5. The Bertz CT molecular complexity index is 1040. The minimum Gasteiger partial charge on any atom is -0.339 e. The van der Waals surface area contributed by atoms with Crippen molar-refractivity contribution in [3.63, 3.8) is 0 Å². The summed E-state index contributed by atoms with van der Waals surface area (Å²) in [6.45, 7) is 8.38. The Balaban J connectivity index is 1.42. The molecule has 2 aliphatic rings. The van der Waals surface area contributed by atoms with Crippen LogP contribution in [0.5, 0.6) is 0 Å². The Morgan fingerprint density at radius 2 is 1.85 bits per heavy atom. The van der Waals surface area contributed by atoms with E-state index < -0.39 is 11.9 Å². The van der Waals surface area contributed by atoms with E-state index >= 15 is 0 Å². The van der Waals surface area contributed by atoms with Gasteiger partial charge >= 0.3 is 0 Å². The third-order valence-corrected chi connectivity index (χ3v) is 6.31. The highest BCUT2D eigenvalue weighted by Crippen LogP contribution is 2.17. The zero-order chi connectivity index (χ0) is 23.5. The molecule has 0 bridgehead atoms. The van der Waals surface area contributed by atoms with E-state index in [1.54, 1.807) is 27.5 Å². The summed E-state index contributed by atoms with van der Waals surface area (Å²) in [5, 5.41) is 7.13. The van der Waals surface area contributed by atoms with Gasteiger partial charge in [0.2, 0.25) is 5.91 Å². The smallest absolute Gasteiger partial charge is 0.272 e. The molecule has 3 amide bonds. The van der Waals surface area contributed by atoms with Gasteiger partial charge in [-0.15, -0.1) is 0 Å². The van der Waals surface area contributed by atoms with Gasteiger partial charge in [0.15, 0.2) is 5.69 Å². The van der Waals surface area contributed by atoms with E-state index in [-0.39, 0.29) is 17.5 Å². The molecule has 4 rings (SSSR count). The summed E-state index contributed by atoms with van der Waals surface area (Å²) in [7, 11) is 2.03.